The van der Waals surface area contributed by atoms with Crippen molar-refractivity contribution in [2.24, 2.45) is 0 Å². The van der Waals surface area contributed by atoms with Gasteiger partial charge in [0.15, 0.2) is 0 Å². The van der Waals surface area contributed by atoms with Crippen LogP contribution in [-0.2, 0) is 16.1 Å². The highest BCUT2D eigenvalue weighted by atomic mass is 19.1. The summed E-state index contributed by atoms with van der Waals surface area (Å²) in [6.45, 7) is 1.58. The van der Waals surface area contributed by atoms with Gasteiger partial charge in [0.1, 0.15) is 12.2 Å². The molecule has 0 aliphatic carbocycles. The number of carbonyl (C=O) groups is 2. The van der Waals surface area contributed by atoms with E-state index >= 15 is 0 Å². The van der Waals surface area contributed by atoms with Gasteiger partial charge in [-0.15, -0.1) is 0 Å². The highest BCUT2D eigenvalue weighted by Crippen LogP contribution is 2.09. The van der Waals surface area contributed by atoms with Gasteiger partial charge in [-0.05, 0) is 18.9 Å². The summed E-state index contributed by atoms with van der Waals surface area (Å²) < 4.78 is 13.3. The van der Waals surface area contributed by atoms with Crippen LogP contribution in [0.15, 0.2) is 24.3 Å². The monoisotopic (exact) mass is 264 g/mol. The maximum Gasteiger partial charge on any atom is 0.232 e. The summed E-state index contributed by atoms with van der Waals surface area (Å²) in [4.78, 5) is 25.0. The summed E-state index contributed by atoms with van der Waals surface area (Å²) in [5.41, 5.74) is 0.421. The molecule has 0 unspecified atom stereocenters. The highest BCUT2D eigenvalue weighted by molar-refractivity contribution is 5.96. The van der Waals surface area contributed by atoms with Crippen LogP contribution in [0, 0.1) is 5.82 Å². The average molecular weight is 264 g/mol. The summed E-state index contributed by atoms with van der Waals surface area (Å²) in [5.74, 6) is -0.864. The van der Waals surface area contributed by atoms with E-state index in [1.807, 2.05) is 0 Å². The molecule has 0 saturated carbocycles. The predicted octanol–water partition coefficient (Wildman–Crippen LogP) is 1.45. The molecule has 2 amide bonds. The Morgan fingerprint density at radius 3 is 2.58 bits per heavy atom. The molecule has 19 heavy (non-hydrogen) atoms. The molecule has 4 nitrogen and oxygen atoms in total. The van der Waals surface area contributed by atoms with Crippen molar-refractivity contribution < 1.29 is 14.0 Å². The number of amides is 2. The summed E-state index contributed by atoms with van der Waals surface area (Å²) in [7, 11) is 0. The number of halogens is 1. The molecular weight excluding hydrogens is 247 g/mol. The Kier molecular flexibility index (Phi) is 4.49. The molecule has 0 spiro atoms. The van der Waals surface area contributed by atoms with Crippen LogP contribution in [0.2, 0.25) is 0 Å². The Balaban J connectivity index is 1.78. The van der Waals surface area contributed by atoms with Gasteiger partial charge in [-0.25, -0.2) is 4.39 Å². The maximum atomic E-state index is 13.3. The topological polar surface area (TPSA) is 49.4 Å². The van der Waals surface area contributed by atoms with Crippen molar-refractivity contribution in [3.8, 4) is 0 Å². The van der Waals surface area contributed by atoms with Gasteiger partial charge in [0, 0.05) is 25.2 Å². The Labute approximate surface area is 111 Å². The number of hydrogen-bond donors (Lipinski definition) is 1. The van der Waals surface area contributed by atoms with Crippen molar-refractivity contribution in [2.45, 2.75) is 25.8 Å². The van der Waals surface area contributed by atoms with Crippen molar-refractivity contribution in [3.05, 3.63) is 35.6 Å². The van der Waals surface area contributed by atoms with E-state index < -0.39 is 0 Å². The number of likely N-dealkylation sites (tertiary alicyclic amines) is 1. The van der Waals surface area contributed by atoms with E-state index in [0.29, 0.717) is 5.56 Å². The number of benzene rings is 1. The first-order chi connectivity index (χ1) is 9.16. The van der Waals surface area contributed by atoms with Gasteiger partial charge in [0.05, 0.1) is 0 Å². The van der Waals surface area contributed by atoms with Crippen LogP contribution in [0.25, 0.3) is 0 Å². The highest BCUT2D eigenvalue weighted by Gasteiger charge is 2.20. The zero-order chi connectivity index (χ0) is 13.7. The van der Waals surface area contributed by atoms with Gasteiger partial charge in [0.2, 0.25) is 11.8 Å². The van der Waals surface area contributed by atoms with Gasteiger partial charge in [-0.1, -0.05) is 18.2 Å². The fourth-order valence-electron chi connectivity index (χ4n) is 2.11. The van der Waals surface area contributed by atoms with Crippen molar-refractivity contribution in [1.29, 1.82) is 0 Å². The molecule has 1 N–H and O–H groups in total. The summed E-state index contributed by atoms with van der Waals surface area (Å²) in [6, 6.07) is 6.26. The lowest BCUT2D eigenvalue weighted by Gasteiger charge is -2.14. The third-order valence-corrected chi connectivity index (χ3v) is 3.20. The van der Waals surface area contributed by atoms with Gasteiger partial charge >= 0.3 is 0 Å². The first kappa shape index (κ1) is 13.5. The molecule has 5 heteroatoms. The Bertz CT molecular complexity index is 470. The zero-order valence-corrected chi connectivity index (χ0v) is 10.7. The quantitative estimate of drug-likeness (QED) is 0.837. The molecule has 1 aliphatic rings. The largest absolute Gasteiger partial charge is 0.351 e. The number of hydrogen-bond acceptors (Lipinski definition) is 2. The SMILES string of the molecule is O=C(CC(=O)N1CCCC1)NCc1ccccc1F. The van der Waals surface area contributed by atoms with Crippen LogP contribution in [-0.4, -0.2) is 29.8 Å². The standard InChI is InChI=1S/C14H17FN2O2/c15-12-6-2-1-5-11(12)10-16-13(18)9-14(19)17-7-3-4-8-17/h1-2,5-6H,3-4,7-10H2,(H,16,18). The number of nitrogens with one attached hydrogen (secondary N) is 1. The molecule has 0 aromatic heterocycles. The van der Waals surface area contributed by atoms with Crippen LogP contribution in [0.3, 0.4) is 0 Å². The van der Waals surface area contributed by atoms with E-state index in [9.17, 15) is 14.0 Å². The number of rotatable bonds is 4. The third-order valence-electron chi connectivity index (χ3n) is 3.20. The van der Waals surface area contributed by atoms with Gasteiger partial charge < -0.3 is 10.2 Å². The average Bonchev–Trinajstić information content (AvgIpc) is 2.91. The van der Waals surface area contributed by atoms with E-state index in [4.69, 9.17) is 0 Å². The molecule has 0 bridgehead atoms. The van der Waals surface area contributed by atoms with Gasteiger partial charge in [0.25, 0.3) is 0 Å². The molecule has 1 aliphatic heterocycles. The van der Waals surface area contributed by atoms with E-state index in [1.165, 1.54) is 6.07 Å². The molecule has 1 fully saturated rings. The van der Waals surface area contributed by atoms with Crippen LogP contribution >= 0.6 is 0 Å². The van der Waals surface area contributed by atoms with Crippen molar-refractivity contribution in [1.82, 2.24) is 10.2 Å². The van der Waals surface area contributed by atoms with Crippen molar-refractivity contribution in [3.63, 3.8) is 0 Å². The normalized spacial score (nSPS) is 14.5. The molecule has 1 heterocycles. The molecule has 102 valence electrons. The van der Waals surface area contributed by atoms with Gasteiger partial charge in [-0.2, -0.15) is 0 Å². The molecule has 2 rings (SSSR count). The predicted molar refractivity (Wildman–Crippen MR) is 68.7 cm³/mol. The molecule has 1 aromatic rings. The fourth-order valence-corrected chi connectivity index (χ4v) is 2.11. The smallest absolute Gasteiger partial charge is 0.232 e. The van der Waals surface area contributed by atoms with Crippen LogP contribution in [0.1, 0.15) is 24.8 Å². The summed E-state index contributed by atoms with van der Waals surface area (Å²) >= 11 is 0. The molecular formula is C14H17FN2O2. The van der Waals surface area contributed by atoms with Crippen LogP contribution in [0.4, 0.5) is 4.39 Å². The van der Waals surface area contributed by atoms with Crippen LogP contribution in [0.5, 0.6) is 0 Å². The minimum absolute atomic E-state index is 0.110. The second-order valence-electron chi connectivity index (χ2n) is 4.63. The van der Waals surface area contributed by atoms with E-state index in [0.717, 1.165) is 25.9 Å². The van der Waals surface area contributed by atoms with Crippen LogP contribution < -0.4 is 5.32 Å². The third kappa shape index (κ3) is 3.77. The van der Waals surface area contributed by atoms with Crippen molar-refractivity contribution >= 4 is 11.8 Å². The molecule has 0 atom stereocenters. The van der Waals surface area contributed by atoms with E-state index in [2.05, 4.69) is 5.32 Å². The Morgan fingerprint density at radius 2 is 1.89 bits per heavy atom. The Hall–Kier alpha value is -1.91. The van der Waals surface area contributed by atoms with E-state index in [-0.39, 0.29) is 30.6 Å². The van der Waals surface area contributed by atoms with Gasteiger partial charge in [-0.3, -0.25) is 9.59 Å². The second kappa shape index (κ2) is 6.31. The summed E-state index contributed by atoms with van der Waals surface area (Å²) in [6.07, 6.45) is 1.85. The number of carbonyl (C=O) groups excluding carboxylic acids is 2. The van der Waals surface area contributed by atoms with Crippen molar-refractivity contribution in [2.75, 3.05) is 13.1 Å². The lowest BCUT2D eigenvalue weighted by Crippen LogP contribution is -2.33. The van der Waals surface area contributed by atoms with E-state index in [1.54, 1.807) is 23.1 Å². The Morgan fingerprint density at radius 1 is 1.21 bits per heavy atom. The lowest BCUT2D eigenvalue weighted by atomic mass is 10.2. The maximum absolute atomic E-state index is 13.3. The fraction of sp³-hybridized carbons (Fsp3) is 0.429. The first-order valence-electron chi connectivity index (χ1n) is 6.44. The molecule has 1 aromatic carbocycles. The lowest BCUT2D eigenvalue weighted by molar-refractivity contribution is -0.135. The zero-order valence-electron chi connectivity index (χ0n) is 10.7. The molecule has 0 radical (unpaired) electrons. The first-order valence-corrected chi connectivity index (χ1v) is 6.44. The molecule has 1 saturated heterocycles. The second-order valence-corrected chi connectivity index (χ2v) is 4.63. The minimum atomic E-state index is -0.361. The summed E-state index contributed by atoms with van der Waals surface area (Å²) in [5, 5.41) is 2.57. The minimum Gasteiger partial charge on any atom is -0.351 e. The number of nitrogens with zero attached hydrogens (tertiary/aromatic N) is 1.